The molecule has 0 radical (unpaired) electrons. The first-order valence-corrected chi connectivity index (χ1v) is 6.32. The summed E-state index contributed by atoms with van der Waals surface area (Å²) in [4.78, 5) is 15.8. The molecular formula is C15H14N2O. The molecule has 2 aromatic rings. The number of Topliss-reactive ketones (excluding diaryl/α,β-unsaturated/α-hetero) is 1. The van der Waals surface area contributed by atoms with Gasteiger partial charge in [-0.1, -0.05) is 18.2 Å². The Morgan fingerprint density at radius 2 is 2.22 bits per heavy atom. The predicted octanol–water partition coefficient (Wildman–Crippen LogP) is 3.22. The lowest BCUT2D eigenvalue weighted by Gasteiger charge is -2.20. The van der Waals surface area contributed by atoms with Crippen LogP contribution in [0.15, 0.2) is 24.3 Å². The van der Waals surface area contributed by atoms with Crippen molar-refractivity contribution in [2.45, 2.75) is 25.7 Å². The number of hydrogen-bond donors (Lipinski definition) is 1. The third kappa shape index (κ3) is 1.62. The highest BCUT2D eigenvalue weighted by molar-refractivity contribution is 6.10. The fourth-order valence-electron chi connectivity index (χ4n) is 2.83. The average Bonchev–Trinajstić information content (AvgIpc) is 2.77. The first-order chi connectivity index (χ1) is 8.81. The lowest BCUT2D eigenvalue weighted by atomic mass is 9.82. The summed E-state index contributed by atoms with van der Waals surface area (Å²) in [5.41, 5.74) is 2.96. The lowest BCUT2D eigenvalue weighted by Crippen LogP contribution is -2.21. The highest BCUT2D eigenvalue weighted by Crippen LogP contribution is 2.33. The molecule has 1 aliphatic carbocycles. The van der Waals surface area contributed by atoms with Crippen LogP contribution in [0.25, 0.3) is 10.9 Å². The molecule has 1 atom stereocenters. The Labute approximate surface area is 105 Å². The zero-order valence-corrected chi connectivity index (χ0v) is 10.1. The van der Waals surface area contributed by atoms with Crippen molar-refractivity contribution in [1.82, 2.24) is 4.98 Å². The van der Waals surface area contributed by atoms with Crippen LogP contribution in [0.4, 0.5) is 0 Å². The van der Waals surface area contributed by atoms with Crippen molar-refractivity contribution >= 4 is 16.7 Å². The van der Waals surface area contributed by atoms with Gasteiger partial charge in [-0.05, 0) is 25.3 Å². The fourth-order valence-corrected chi connectivity index (χ4v) is 2.83. The summed E-state index contributed by atoms with van der Waals surface area (Å²) >= 11 is 0. The van der Waals surface area contributed by atoms with E-state index in [1.807, 2.05) is 24.3 Å². The van der Waals surface area contributed by atoms with Gasteiger partial charge in [0.25, 0.3) is 0 Å². The molecule has 1 aliphatic rings. The maximum absolute atomic E-state index is 12.5. The summed E-state index contributed by atoms with van der Waals surface area (Å²) < 4.78 is 0. The van der Waals surface area contributed by atoms with Gasteiger partial charge in [-0.15, -0.1) is 0 Å². The molecule has 0 amide bonds. The van der Waals surface area contributed by atoms with Crippen molar-refractivity contribution in [1.29, 1.82) is 5.26 Å². The van der Waals surface area contributed by atoms with Gasteiger partial charge in [0.1, 0.15) is 0 Å². The number of nitrogens with zero attached hydrogens (tertiary/aromatic N) is 1. The number of para-hydroxylation sites is 1. The molecule has 1 aromatic heterocycles. The number of rotatable bonds is 2. The summed E-state index contributed by atoms with van der Waals surface area (Å²) in [5.74, 6) is 0.236. The third-order valence-corrected chi connectivity index (χ3v) is 3.75. The summed E-state index contributed by atoms with van der Waals surface area (Å²) in [6.45, 7) is 0. The van der Waals surface area contributed by atoms with Crippen molar-refractivity contribution < 1.29 is 4.79 Å². The van der Waals surface area contributed by atoms with E-state index in [0.717, 1.165) is 35.0 Å². The molecule has 0 bridgehead atoms. The third-order valence-electron chi connectivity index (χ3n) is 3.75. The van der Waals surface area contributed by atoms with Crippen LogP contribution in [0.3, 0.4) is 0 Å². The number of nitriles is 1. The number of aryl methyl sites for hydroxylation is 1. The minimum Gasteiger partial charge on any atom is -0.358 e. The van der Waals surface area contributed by atoms with E-state index in [-0.39, 0.29) is 11.7 Å². The highest BCUT2D eigenvalue weighted by atomic mass is 16.1. The molecule has 3 nitrogen and oxygen atoms in total. The van der Waals surface area contributed by atoms with E-state index in [9.17, 15) is 4.79 Å². The highest BCUT2D eigenvalue weighted by Gasteiger charge is 2.29. The van der Waals surface area contributed by atoms with Gasteiger partial charge in [0, 0.05) is 34.5 Å². The maximum atomic E-state index is 12.5. The standard InChI is InChI=1S/C15H14N2O/c16-9-3-4-10-7-8-13-14(15(10)18)11-5-1-2-6-12(11)17-13/h1-2,5-6,10,17H,3-4,7-8H2. The minimum atomic E-state index is 0.0244. The van der Waals surface area contributed by atoms with E-state index < -0.39 is 0 Å². The Hall–Kier alpha value is -2.08. The van der Waals surface area contributed by atoms with E-state index in [1.54, 1.807) is 0 Å². The van der Waals surface area contributed by atoms with Crippen LogP contribution in [0.2, 0.25) is 0 Å². The first-order valence-electron chi connectivity index (χ1n) is 6.32. The number of H-pyrrole nitrogens is 1. The SMILES string of the molecule is N#CCCC1CCc2[nH]c3ccccc3c2C1=O. The number of benzene rings is 1. The molecule has 1 heterocycles. The lowest BCUT2D eigenvalue weighted by molar-refractivity contribution is 0.0897. The molecule has 1 unspecified atom stereocenters. The van der Waals surface area contributed by atoms with Crippen LogP contribution in [-0.4, -0.2) is 10.8 Å². The van der Waals surface area contributed by atoms with E-state index in [0.29, 0.717) is 12.8 Å². The molecule has 0 spiro atoms. The van der Waals surface area contributed by atoms with Gasteiger partial charge in [0.2, 0.25) is 0 Å². The molecule has 0 aliphatic heterocycles. The molecule has 3 rings (SSSR count). The van der Waals surface area contributed by atoms with Gasteiger partial charge in [-0.25, -0.2) is 0 Å². The number of nitrogens with one attached hydrogen (secondary N) is 1. The van der Waals surface area contributed by atoms with Crippen LogP contribution >= 0.6 is 0 Å². The smallest absolute Gasteiger partial charge is 0.168 e. The van der Waals surface area contributed by atoms with E-state index in [2.05, 4.69) is 11.1 Å². The Bertz CT molecular complexity index is 648. The van der Waals surface area contributed by atoms with E-state index in [1.165, 1.54) is 0 Å². The molecule has 1 N–H and O–H groups in total. The molecule has 0 fully saturated rings. The molecule has 0 saturated carbocycles. The summed E-state index contributed by atoms with van der Waals surface area (Å²) in [5, 5.41) is 9.67. The number of carbonyl (C=O) groups excluding carboxylic acids is 1. The number of aromatic nitrogens is 1. The summed E-state index contributed by atoms with van der Waals surface area (Å²) in [7, 11) is 0. The van der Waals surface area contributed by atoms with Gasteiger partial charge in [0.05, 0.1) is 6.07 Å². The summed E-state index contributed by atoms with van der Waals surface area (Å²) in [6, 6.07) is 10.1. The van der Waals surface area contributed by atoms with E-state index >= 15 is 0 Å². The van der Waals surface area contributed by atoms with Crippen molar-refractivity contribution in [3.05, 3.63) is 35.5 Å². The van der Waals surface area contributed by atoms with Gasteiger partial charge in [-0.3, -0.25) is 4.79 Å². The van der Waals surface area contributed by atoms with Crippen molar-refractivity contribution in [2.24, 2.45) is 5.92 Å². The average molecular weight is 238 g/mol. The molecule has 3 heteroatoms. The monoisotopic (exact) mass is 238 g/mol. The van der Waals surface area contributed by atoms with Crippen LogP contribution in [0, 0.1) is 17.2 Å². The number of aromatic amines is 1. The van der Waals surface area contributed by atoms with Gasteiger partial charge in [0.15, 0.2) is 5.78 Å². The molecule has 18 heavy (non-hydrogen) atoms. The minimum absolute atomic E-state index is 0.0244. The van der Waals surface area contributed by atoms with Crippen LogP contribution in [-0.2, 0) is 6.42 Å². The number of ketones is 1. The normalized spacial score (nSPS) is 18.6. The van der Waals surface area contributed by atoms with Gasteiger partial charge < -0.3 is 4.98 Å². The number of hydrogen-bond acceptors (Lipinski definition) is 2. The predicted molar refractivity (Wildman–Crippen MR) is 69.3 cm³/mol. The van der Waals surface area contributed by atoms with Crippen molar-refractivity contribution in [2.75, 3.05) is 0 Å². The van der Waals surface area contributed by atoms with Crippen molar-refractivity contribution in [3.63, 3.8) is 0 Å². The fraction of sp³-hybridized carbons (Fsp3) is 0.333. The molecular weight excluding hydrogens is 224 g/mol. The largest absolute Gasteiger partial charge is 0.358 e. The maximum Gasteiger partial charge on any atom is 0.168 e. The number of carbonyl (C=O) groups is 1. The molecule has 0 saturated heterocycles. The molecule has 1 aromatic carbocycles. The quantitative estimate of drug-likeness (QED) is 0.873. The second kappa shape index (κ2) is 4.30. The molecule has 90 valence electrons. The Kier molecular flexibility index (Phi) is 2.64. The zero-order chi connectivity index (χ0) is 12.5. The number of fused-ring (bicyclic) bond motifs is 3. The summed E-state index contributed by atoms with van der Waals surface area (Å²) in [6.07, 6.45) is 2.93. The second-order valence-corrected chi connectivity index (χ2v) is 4.82. The van der Waals surface area contributed by atoms with Gasteiger partial charge >= 0.3 is 0 Å². The Morgan fingerprint density at radius 3 is 3.06 bits per heavy atom. The zero-order valence-electron chi connectivity index (χ0n) is 10.1. The first kappa shape index (κ1) is 11.0. The van der Waals surface area contributed by atoms with Crippen LogP contribution in [0.1, 0.15) is 35.3 Å². The van der Waals surface area contributed by atoms with Crippen molar-refractivity contribution in [3.8, 4) is 6.07 Å². The van der Waals surface area contributed by atoms with Crippen LogP contribution < -0.4 is 0 Å². The Balaban J connectivity index is 2.04. The van der Waals surface area contributed by atoms with Crippen LogP contribution in [0.5, 0.6) is 0 Å². The Morgan fingerprint density at radius 1 is 1.39 bits per heavy atom. The van der Waals surface area contributed by atoms with E-state index in [4.69, 9.17) is 5.26 Å². The topological polar surface area (TPSA) is 56.6 Å². The second-order valence-electron chi connectivity index (χ2n) is 4.82. The van der Waals surface area contributed by atoms with Gasteiger partial charge in [-0.2, -0.15) is 5.26 Å².